The second kappa shape index (κ2) is 8.46. The van der Waals surface area contributed by atoms with E-state index >= 15 is 0 Å². The minimum atomic E-state index is -0.874. The zero-order chi connectivity index (χ0) is 15.0. The van der Waals surface area contributed by atoms with Crippen molar-refractivity contribution in [2.75, 3.05) is 25.1 Å². The van der Waals surface area contributed by atoms with Crippen LogP contribution in [0.1, 0.15) is 22.3 Å². The Morgan fingerprint density at radius 1 is 1.50 bits per heavy atom. The van der Waals surface area contributed by atoms with Gasteiger partial charge >= 0.3 is 0 Å². The van der Waals surface area contributed by atoms with Gasteiger partial charge in [-0.15, -0.1) is 0 Å². The standard InChI is InChI=1S/C14H17FN2O2S/c1-20(19)9-3-8-17-14(18)13-6-5-12(15)10-11(13)4-2-7-16/h5-6,10H,3,7-9,16H2,1H3,(H,17,18). The number of rotatable bonds is 5. The number of hydrogen-bond donors (Lipinski definition) is 2. The first-order chi connectivity index (χ1) is 9.54. The number of hydrogen-bond acceptors (Lipinski definition) is 3. The van der Waals surface area contributed by atoms with Gasteiger partial charge in [-0.25, -0.2) is 4.39 Å². The summed E-state index contributed by atoms with van der Waals surface area (Å²) in [6.07, 6.45) is 2.24. The van der Waals surface area contributed by atoms with E-state index in [2.05, 4.69) is 17.2 Å². The molecule has 0 bridgehead atoms. The van der Waals surface area contributed by atoms with Crippen LogP contribution in [0.4, 0.5) is 4.39 Å². The van der Waals surface area contributed by atoms with Crippen LogP contribution in [0.15, 0.2) is 18.2 Å². The molecular formula is C14H17FN2O2S. The van der Waals surface area contributed by atoms with Gasteiger partial charge in [-0.05, 0) is 24.6 Å². The fraction of sp³-hybridized carbons (Fsp3) is 0.357. The molecule has 0 aliphatic heterocycles. The van der Waals surface area contributed by atoms with E-state index < -0.39 is 16.6 Å². The van der Waals surface area contributed by atoms with Crippen molar-refractivity contribution in [3.05, 3.63) is 35.1 Å². The molecule has 1 unspecified atom stereocenters. The summed E-state index contributed by atoms with van der Waals surface area (Å²) in [4.78, 5) is 12.0. The molecule has 0 fully saturated rings. The highest BCUT2D eigenvalue weighted by atomic mass is 32.2. The summed E-state index contributed by atoms with van der Waals surface area (Å²) in [7, 11) is -0.874. The van der Waals surface area contributed by atoms with Crippen molar-refractivity contribution < 1.29 is 13.4 Å². The number of carbonyl (C=O) groups is 1. The van der Waals surface area contributed by atoms with Crippen molar-refractivity contribution in [3.8, 4) is 11.8 Å². The van der Waals surface area contributed by atoms with Gasteiger partial charge in [-0.1, -0.05) is 11.8 Å². The Kier molecular flexibility index (Phi) is 6.91. The molecule has 1 rings (SSSR count). The molecule has 0 saturated carbocycles. The molecule has 3 N–H and O–H groups in total. The third-order valence-corrected chi connectivity index (χ3v) is 3.31. The van der Waals surface area contributed by atoms with Crippen LogP contribution in [-0.2, 0) is 10.8 Å². The van der Waals surface area contributed by atoms with E-state index in [1.807, 2.05) is 0 Å². The third-order valence-electron chi connectivity index (χ3n) is 2.45. The van der Waals surface area contributed by atoms with E-state index in [1.54, 1.807) is 6.26 Å². The van der Waals surface area contributed by atoms with Gasteiger partial charge in [0.25, 0.3) is 5.91 Å². The molecule has 1 amide bonds. The summed E-state index contributed by atoms with van der Waals surface area (Å²) in [5.41, 5.74) is 5.89. The van der Waals surface area contributed by atoms with Crippen LogP contribution in [0.5, 0.6) is 0 Å². The highest BCUT2D eigenvalue weighted by molar-refractivity contribution is 7.84. The van der Waals surface area contributed by atoms with Crippen LogP contribution in [0.2, 0.25) is 0 Å². The third kappa shape index (κ3) is 5.51. The number of halogens is 1. The van der Waals surface area contributed by atoms with Gasteiger partial charge in [-0.2, -0.15) is 0 Å². The predicted octanol–water partition coefficient (Wildman–Crippen LogP) is 0.634. The predicted molar refractivity (Wildman–Crippen MR) is 78.2 cm³/mol. The van der Waals surface area contributed by atoms with E-state index in [1.165, 1.54) is 18.2 Å². The van der Waals surface area contributed by atoms with Gasteiger partial charge in [0.15, 0.2) is 0 Å². The molecule has 0 spiro atoms. The molecular weight excluding hydrogens is 279 g/mol. The smallest absolute Gasteiger partial charge is 0.252 e. The molecule has 4 nitrogen and oxygen atoms in total. The maximum absolute atomic E-state index is 13.2. The molecule has 1 atom stereocenters. The highest BCUT2D eigenvalue weighted by Crippen LogP contribution is 2.10. The Morgan fingerprint density at radius 3 is 2.90 bits per heavy atom. The van der Waals surface area contributed by atoms with Gasteiger partial charge in [0.1, 0.15) is 5.82 Å². The summed E-state index contributed by atoms with van der Waals surface area (Å²) < 4.78 is 24.1. The lowest BCUT2D eigenvalue weighted by Gasteiger charge is -2.06. The zero-order valence-corrected chi connectivity index (χ0v) is 12.1. The van der Waals surface area contributed by atoms with Gasteiger partial charge in [0.05, 0.1) is 12.1 Å². The van der Waals surface area contributed by atoms with Gasteiger partial charge < -0.3 is 11.1 Å². The second-order valence-corrected chi connectivity index (χ2v) is 5.64. The second-order valence-electron chi connectivity index (χ2n) is 4.08. The Balaban J connectivity index is 2.74. The Morgan fingerprint density at radius 2 is 2.25 bits per heavy atom. The molecule has 0 aliphatic rings. The summed E-state index contributed by atoms with van der Waals surface area (Å²) in [5.74, 6) is 5.03. The summed E-state index contributed by atoms with van der Waals surface area (Å²) in [6.45, 7) is 0.555. The summed E-state index contributed by atoms with van der Waals surface area (Å²) in [6, 6.07) is 3.81. The minimum Gasteiger partial charge on any atom is -0.352 e. The van der Waals surface area contributed by atoms with Crippen LogP contribution in [-0.4, -0.2) is 35.2 Å². The van der Waals surface area contributed by atoms with Crippen molar-refractivity contribution in [3.63, 3.8) is 0 Å². The Hall–Kier alpha value is -1.71. The van der Waals surface area contributed by atoms with E-state index in [0.717, 1.165) is 0 Å². The van der Waals surface area contributed by atoms with Crippen molar-refractivity contribution >= 4 is 16.7 Å². The number of nitrogens with two attached hydrogens (primary N) is 1. The maximum Gasteiger partial charge on any atom is 0.252 e. The van der Waals surface area contributed by atoms with Crippen LogP contribution in [0.3, 0.4) is 0 Å². The molecule has 0 saturated heterocycles. The molecule has 1 aromatic rings. The molecule has 0 heterocycles. The van der Waals surface area contributed by atoms with E-state index in [4.69, 9.17) is 5.73 Å². The fourth-order valence-electron chi connectivity index (χ4n) is 1.54. The lowest BCUT2D eigenvalue weighted by atomic mass is 10.1. The molecule has 0 aromatic heterocycles. The van der Waals surface area contributed by atoms with Crippen molar-refractivity contribution in [2.45, 2.75) is 6.42 Å². The average Bonchev–Trinajstić information content (AvgIpc) is 2.41. The van der Waals surface area contributed by atoms with E-state index in [9.17, 15) is 13.4 Å². The molecule has 0 aliphatic carbocycles. The molecule has 108 valence electrons. The largest absolute Gasteiger partial charge is 0.352 e. The normalized spacial score (nSPS) is 11.3. The quantitative estimate of drug-likeness (QED) is 0.618. The van der Waals surface area contributed by atoms with Crippen molar-refractivity contribution in [2.24, 2.45) is 5.73 Å². The number of benzene rings is 1. The Bertz CT molecular complexity index is 564. The lowest BCUT2D eigenvalue weighted by Crippen LogP contribution is -2.26. The van der Waals surface area contributed by atoms with Crippen LogP contribution < -0.4 is 11.1 Å². The summed E-state index contributed by atoms with van der Waals surface area (Å²) in [5, 5.41) is 2.70. The van der Waals surface area contributed by atoms with Crippen LogP contribution in [0.25, 0.3) is 0 Å². The zero-order valence-electron chi connectivity index (χ0n) is 11.2. The summed E-state index contributed by atoms with van der Waals surface area (Å²) >= 11 is 0. The number of carbonyl (C=O) groups excluding carboxylic acids is 1. The van der Waals surface area contributed by atoms with Gasteiger partial charge in [0, 0.05) is 34.9 Å². The van der Waals surface area contributed by atoms with E-state index in [0.29, 0.717) is 29.8 Å². The van der Waals surface area contributed by atoms with Crippen LogP contribution in [0, 0.1) is 17.7 Å². The van der Waals surface area contributed by atoms with Crippen molar-refractivity contribution in [1.82, 2.24) is 5.32 Å². The first kappa shape index (κ1) is 16.3. The first-order valence-corrected chi connectivity index (χ1v) is 7.84. The SMILES string of the molecule is CS(=O)CCCNC(=O)c1ccc(F)cc1C#CCN. The number of nitrogens with one attached hydrogen (secondary N) is 1. The molecule has 1 aromatic carbocycles. The topological polar surface area (TPSA) is 72.2 Å². The Labute approximate surface area is 120 Å². The maximum atomic E-state index is 13.2. The highest BCUT2D eigenvalue weighted by Gasteiger charge is 2.10. The monoisotopic (exact) mass is 296 g/mol. The number of amides is 1. The van der Waals surface area contributed by atoms with Gasteiger partial charge in [0.2, 0.25) is 0 Å². The molecule has 0 radical (unpaired) electrons. The first-order valence-electron chi connectivity index (χ1n) is 6.11. The molecule has 20 heavy (non-hydrogen) atoms. The molecule has 6 heteroatoms. The minimum absolute atomic E-state index is 0.139. The van der Waals surface area contributed by atoms with Crippen LogP contribution >= 0.6 is 0 Å². The van der Waals surface area contributed by atoms with E-state index in [-0.39, 0.29) is 12.5 Å². The fourth-order valence-corrected chi connectivity index (χ4v) is 2.09. The van der Waals surface area contributed by atoms with Crippen molar-refractivity contribution in [1.29, 1.82) is 0 Å². The average molecular weight is 296 g/mol. The van der Waals surface area contributed by atoms with Gasteiger partial charge in [-0.3, -0.25) is 9.00 Å². The lowest BCUT2D eigenvalue weighted by molar-refractivity contribution is 0.0953.